The number of piperidine rings is 3. The van der Waals surface area contributed by atoms with Crippen molar-refractivity contribution < 1.29 is 99.4 Å². The molecule has 14 rings (SSSR count). The maximum atomic E-state index is 12.9. The maximum Gasteiger partial charge on any atom is 0 e. The number of para-hydroxylation sites is 4. The first-order chi connectivity index (χ1) is 52.7. The van der Waals surface area contributed by atoms with Gasteiger partial charge in [-0.1, -0.05) is 116 Å². The number of anilines is 3. The van der Waals surface area contributed by atoms with E-state index in [4.69, 9.17) is 45.0 Å². The molecule has 6 heterocycles. The van der Waals surface area contributed by atoms with Crippen LogP contribution in [0.4, 0.5) is 27.0 Å². The van der Waals surface area contributed by atoms with Gasteiger partial charge in [0, 0.05) is 110 Å². The summed E-state index contributed by atoms with van der Waals surface area (Å²) < 4.78 is 33.2. The Morgan fingerprint density at radius 2 is 0.812 bits per heavy atom. The van der Waals surface area contributed by atoms with Crippen molar-refractivity contribution in [3.8, 4) is 45.5 Å². The number of ether oxygens (including phenoxy) is 5. The topological polar surface area (TPSA) is 293 Å². The predicted molar refractivity (Wildman–Crippen MR) is 460 cm³/mol. The van der Waals surface area contributed by atoms with E-state index in [2.05, 4.69) is 116 Å². The molecule has 6 fully saturated rings. The fraction of sp³-hybridized carbons (Fsp3) is 0.380. The zero-order chi connectivity index (χ0) is 76.2. The summed E-state index contributed by atoms with van der Waals surface area (Å²) in [5.74, 6) is 5.73. The van der Waals surface area contributed by atoms with Gasteiger partial charge in [-0.05, 0) is 155 Å². The first-order valence-electron chi connectivity index (χ1n) is 35.7. The molecule has 3 aliphatic heterocycles. The van der Waals surface area contributed by atoms with Crippen LogP contribution in [0.25, 0.3) is 22.5 Å². The summed E-state index contributed by atoms with van der Waals surface area (Å²) in [6.07, 6.45) is 15.0. The molecule has 112 heavy (non-hydrogen) atoms. The van der Waals surface area contributed by atoms with Crippen LogP contribution < -0.4 is 40.1 Å². The number of hydrogen-bond donors (Lipinski definition) is 5. The number of halogens is 5. The molecular formula is C79H94BClI4N12O12V3-2. The van der Waals surface area contributed by atoms with Crippen LogP contribution in [0.2, 0.25) is 5.15 Å². The number of nitrogens with zero attached hydrogens (tertiary/aromatic N) is 8. The van der Waals surface area contributed by atoms with E-state index in [9.17, 15) is 24.0 Å². The van der Waals surface area contributed by atoms with Gasteiger partial charge in [-0.25, -0.2) is 39.5 Å². The van der Waals surface area contributed by atoms with Crippen LogP contribution in [0.3, 0.4) is 0 Å². The van der Waals surface area contributed by atoms with E-state index in [1.54, 1.807) is 21.9 Å². The van der Waals surface area contributed by atoms with Gasteiger partial charge in [0.2, 0.25) is 17.7 Å². The van der Waals surface area contributed by atoms with Crippen molar-refractivity contribution in [2.75, 3.05) is 75.0 Å². The molecule has 6 aliphatic rings. The molecule has 5 amide bonds. The van der Waals surface area contributed by atoms with E-state index >= 15 is 0 Å². The summed E-state index contributed by atoms with van der Waals surface area (Å²) in [5.41, 5.74) is 5.14. The average molecular weight is 2110 g/mol. The van der Waals surface area contributed by atoms with Gasteiger partial charge in [0.05, 0.1) is 31.2 Å². The number of rotatable bonds is 23. The molecule has 5 N–H and O–H groups in total. The summed E-state index contributed by atoms with van der Waals surface area (Å²) in [5, 5.41) is 20.7. The fourth-order valence-electron chi connectivity index (χ4n) is 11.4. The summed E-state index contributed by atoms with van der Waals surface area (Å²) in [7, 11) is 0.666. The molecule has 5 aromatic carbocycles. The number of likely N-dealkylation sites (tertiary alicyclic amines) is 2. The normalized spacial score (nSPS) is 14.9. The minimum Gasteiger partial charge on any atom is 0 e. The quantitative estimate of drug-likeness (QED) is 0.0172. The van der Waals surface area contributed by atoms with E-state index < -0.39 is 0 Å². The molecule has 33 heteroatoms. The van der Waals surface area contributed by atoms with E-state index in [0.29, 0.717) is 119 Å². The van der Waals surface area contributed by atoms with Gasteiger partial charge in [-0.2, -0.15) is 0 Å². The van der Waals surface area contributed by atoms with Gasteiger partial charge in [-0.3, -0.25) is 19.3 Å². The Bertz CT molecular complexity index is 4110. The zero-order valence-corrected chi connectivity index (χ0v) is 75.0. The molecule has 24 nitrogen and oxygen atoms in total. The van der Waals surface area contributed by atoms with Gasteiger partial charge in [0.1, 0.15) is 72.1 Å². The second-order valence-corrected chi connectivity index (χ2v) is 61.8. The second kappa shape index (κ2) is 53.6. The number of benzene rings is 5. The Morgan fingerprint density at radius 1 is 0.482 bits per heavy atom. The average Bonchev–Trinajstić information content (AvgIpc) is 1.60. The van der Waals surface area contributed by atoms with Crippen LogP contribution in [0.5, 0.6) is 23.0 Å². The Morgan fingerprint density at radius 3 is 1.19 bits per heavy atom. The fourth-order valence-corrected chi connectivity index (χ4v) is 11.5. The largest absolute Gasteiger partial charge is 0 e. The standard InChI is InChI=1S/C28H30N4O4.C20H24N4O2.C18H19ClN4O3.C10H12BO3.CH2I.CH4.CH3.3HI.3V/c33-27(22-12-14-32(15-13-22)28(34)36-18-20-6-2-1-3-7-20)31-26-16-24(29-19-30-26)23-8-4-5-9-25(23)35-17-21-10-11-21;25-20(15-7-9-21-10-8-15)24-19-11-17(22-13-23-19)16-3-1-2-4-18(16)26-12-14-5-6-14;19-15-10-16(21-12-20-15)22-17(24)14-6-8-23(9-7-14)18(25)26-11-13-4-2-1-3-5-13;12-11-14-10-4-2-1-3-9(10)13-7-8-5-6-8;1-2;;;;;;;;/h1-9,16,19,21-22H,10-15,17-18H2,(H,29,30,31,33);1-4,11,13-15,21H,5-10,12H2,(H,22,23,24,25);1-5,10,12,14H,6-9,11H2,(H,20,21,22,24);1-4,8,12H,5-7H2;1H2;1H4;1H3;3*1H;;;/q;;;;-1;;-1;;;;;;+3/p-3. The van der Waals surface area contributed by atoms with E-state index in [0.717, 1.165) is 78.6 Å². The molecule has 3 radical (unpaired) electrons. The zero-order valence-electron chi connectivity index (χ0n) is 61.4. The van der Waals surface area contributed by atoms with Crippen LogP contribution in [-0.4, -0.2) is 141 Å². The van der Waals surface area contributed by atoms with Gasteiger partial charge in [-0.15, -0.1) is 0 Å². The molecule has 3 saturated heterocycles. The molecule has 0 unspecified atom stereocenters. The smallest absolute Gasteiger partial charge is 0 e. The van der Waals surface area contributed by atoms with E-state index in [1.165, 1.54) is 63.6 Å². The van der Waals surface area contributed by atoms with Crippen molar-refractivity contribution >= 4 is 149 Å². The van der Waals surface area contributed by atoms with Crippen molar-refractivity contribution in [2.24, 2.45) is 35.5 Å². The Hall–Kier alpha value is -5.56. The predicted octanol–water partition coefficient (Wildman–Crippen LogP) is 17.2. The van der Waals surface area contributed by atoms with Crippen LogP contribution in [0.15, 0.2) is 171 Å². The van der Waals surface area contributed by atoms with E-state index in [1.807, 2.05) is 156 Å². The Kier molecular flexibility index (Phi) is 46.5. The van der Waals surface area contributed by atoms with Gasteiger partial charge < -0.3 is 94.4 Å². The van der Waals surface area contributed by atoms with Crippen LogP contribution >= 0.6 is 94.1 Å². The summed E-state index contributed by atoms with van der Waals surface area (Å²) >= 11 is 15.1. The number of carbonyl (C=O) groups is 5. The number of aromatic nitrogens is 6. The molecule has 8 aromatic rings. The Labute approximate surface area is 738 Å². The van der Waals surface area contributed by atoms with Crippen molar-refractivity contribution in [1.29, 1.82) is 0 Å². The first-order valence-corrected chi connectivity index (χ1v) is 51.1. The van der Waals surface area contributed by atoms with Gasteiger partial charge >= 0.3 is 84.7 Å². The number of nitrogens with one attached hydrogen (secondary N) is 4. The van der Waals surface area contributed by atoms with Gasteiger partial charge in [0.25, 0.3) is 0 Å². The SMILES string of the molecule is C.O=C(Nc1cc(-c2ccccc2OCC2CC2)ncn1)C1CCN(C(=O)OCc2ccccc2)CC1.O=C(Nc1cc(-c2ccccc2OCC2CC2)ncn1)C1CCNCC1.O=C(Nc1cc(Cl)ncn1)C1CCN(C(=O)OCc2ccccc2)CC1.O[B]Oc1ccccc1OCC1CC1.[CH2-]I.[CH3-].[I][V]([I])[I].[V].[V]. The maximum absolute atomic E-state index is 12.9. The molecule has 0 bridgehead atoms. The number of hydrogen-bond acceptors (Lipinski definition) is 19. The summed E-state index contributed by atoms with van der Waals surface area (Å²) in [6.45, 7) is 6.39. The van der Waals surface area contributed by atoms with Crippen molar-refractivity contribution in [3.63, 3.8) is 0 Å². The number of amides is 5. The number of carbonyl (C=O) groups excluding carboxylic acids is 5. The minimum atomic E-state index is -0.352. The molecule has 0 spiro atoms. The van der Waals surface area contributed by atoms with Crippen LogP contribution in [-0.2, 0) is 79.1 Å². The monoisotopic (exact) mass is 2110 g/mol. The first kappa shape index (κ1) is 97.0. The van der Waals surface area contributed by atoms with Crippen molar-refractivity contribution in [2.45, 2.75) is 97.7 Å². The molecular weight excluding hydrogens is 2020 g/mol. The second-order valence-electron chi connectivity index (χ2n) is 26.0. The van der Waals surface area contributed by atoms with E-state index in [-0.39, 0.29) is 123 Å². The molecule has 3 saturated carbocycles. The summed E-state index contributed by atoms with van der Waals surface area (Å²) in [4.78, 5) is 93.4. The Balaban J connectivity index is 0.000000267. The van der Waals surface area contributed by atoms with Gasteiger partial charge in [0.15, 0.2) is 5.75 Å². The van der Waals surface area contributed by atoms with Crippen LogP contribution in [0.1, 0.15) is 95.6 Å². The minimum absolute atomic E-state index is 0. The van der Waals surface area contributed by atoms with Crippen molar-refractivity contribution in [1.82, 2.24) is 45.0 Å². The third kappa shape index (κ3) is 35.1. The van der Waals surface area contributed by atoms with Crippen molar-refractivity contribution in [3.05, 3.63) is 199 Å². The molecule has 3 aromatic heterocycles. The molecule has 597 valence electrons. The van der Waals surface area contributed by atoms with Crippen LogP contribution in [0, 0.1) is 47.9 Å². The molecule has 0 atom stereocenters. The third-order valence-corrected chi connectivity index (χ3v) is 18.2. The third-order valence-electron chi connectivity index (χ3n) is 18.0. The molecule has 3 aliphatic carbocycles. The summed E-state index contributed by atoms with van der Waals surface area (Å²) in [6, 6.07) is 47.2.